The molecule has 1 aliphatic heterocycles. The number of hydrogen-bond donors (Lipinski definition) is 0. The van der Waals surface area contributed by atoms with Gasteiger partial charge in [-0.1, -0.05) is 26.7 Å². The highest BCUT2D eigenvalue weighted by Crippen LogP contribution is 2.31. The SMILES string of the molecule is CCCC[Si](Cl)(Cl)N1CCC(C)CC1. The Morgan fingerprint density at radius 3 is 2.36 bits per heavy atom. The van der Waals surface area contributed by atoms with Crippen LogP contribution in [0.1, 0.15) is 39.5 Å². The van der Waals surface area contributed by atoms with Crippen LogP contribution in [0.2, 0.25) is 6.04 Å². The molecule has 0 aliphatic carbocycles. The summed E-state index contributed by atoms with van der Waals surface area (Å²) in [5.74, 6) is 0.857. The highest BCUT2D eigenvalue weighted by molar-refractivity contribution is 7.44. The average Bonchev–Trinajstić information content (AvgIpc) is 2.16. The van der Waals surface area contributed by atoms with Crippen molar-refractivity contribution in [2.45, 2.75) is 45.6 Å². The standard InChI is InChI=1S/C10H21Cl2NSi/c1-3-4-9-14(11,12)13-7-5-10(2)6-8-13/h10H,3-9H2,1-2H3. The molecule has 1 aliphatic rings. The van der Waals surface area contributed by atoms with Crippen molar-refractivity contribution in [2.75, 3.05) is 13.1 Å². The van der Waals surface area contributed by atoms with Gasteiger partial charge in [-0.15, -0.1) is 22.2 Å². The van der Waals surface area contributed by atoms with Crippen LogP contribution in [-0.2, 0) is 0 Å². The van der Waals surface area contributed by atoms with E-state index >= 15 is 0 Å². The summed E-state index contributed by atoms with van der Waals surface area (Å²) in [6, 6.07) is 1.03. The molecular weight excluding hydrogens is 233 g/mol. The van der Waals surface area contributed by atoms with Crippen LogP contribution in [0.5, 0.6) is 0 Å². The van der Waals surface area contributed by atoms with E-state index in [1.807, 2.05) is 0 Å². The van der Waals surface area contributed by atoms with Crippen LogP contribution in [0, 0.1) is 5.92 Å². The molecule has 0 aromatic heterocycles. The number of halogens is 2. The highest BCUT2D eigenvalue weighted by atomic mass is 35.7. The van der Waals surface area contributed by atoms with Gasteiger partial charge in [0.15, 0.2) is 0 Å². The van der Waals surface area contributed by atoms with E-state index in [4.69, 9.17) is 22.2 Å². The quantitative estimate of drug-likeness (QED) is 0.542. The Labute approximate surface area is 98.3 Å². The van der Waals surface area contributed by atoms with Gasteiger partial charge in [0.05, 0.1) is 0 Å². The van der Waals surface area contributed by atoms with Gasteiger partial charge >= 0.3 is 6.86 Å². The fourth-order valence-electron chi connectivity index (χ4n) is 1.88. The van der Waals surface area contributed by atoms with E-state index in [0.717, 1.165) is 25.1 Å². The molecule has 0 saturated carbocycles. The smallest absolute Gasteiger partial charge is 0.300 e. The van der Waals surface area contributed by atoms with Crippen LogP contribution in [0.4, 0.5) is 0 Å². The lowest BCUT2D eigenvalue weighted by molar-refractivity contribution is 0.288. The molecular formula is C10H21Cl2NSi. The summed E-state index contributed by atoms with van der Waals surface area (Å²) in [6.45, 7) is 4.66. The first-order valence-corrected chi connectivity index (χ1v) is 9.87. The molecule has 1 saturated heterocycles. The zero-order chi connectivity index (χ0) is 10.6. The first-order chi connectivity index (χ1) is 6.56. The van der Waals surface area contributed by atoms with Crippen LogP contribution in [0.25, 0.3) is 0 Å². The van der Waals surface area contributed by atoms with Gasteiger partial charge in [-0.25, -0.2) is 0 Å². The minimum atomic E-state index is -2.08. The molecule has 4 heteroatoms. The maximum Gasteiger partial charge on any atom is 0.324 e. The first-order valence-electron chi connectivity index (χ1n) is 5.69. The molecule has 1 nitrogen and oxygen atoms in total. The van der Waals surface area contributed by atoms with Crippen molar-refractivity contribution in [3.05, 3.63) is 0 Å². The van der Waals surface area contributed by atoms with E-state index in [1.54, 1.807) is 0 Å². The molecule has 0 amide bonds. The molecule has 1 heterocycles. The van der Waals surface area contributed by atoms with Gasteiger partial charge in [0.2, 0.25) is 0 Å². The molecule has 0 spiro atoms. The van der Waals surface area contributed by atoms with Crippen LogP contribution in [0.3, 0.4) is 0 Å². The van der Waals surface area contributed by atoms with Gasteiger partial charge in [0, 0.05) is 0 Å². The Hall–Kier alpha value is 0.757. The van der Waals surface area contributed by atoms with E-state index < -0.39 is 6.86 Å². The molecule has 0 unspecified atom stereocenters. The summed E-state index contributed by atoms with van der Waals surface area (Å²) in [4.78, 5) is 0. The van der Waals surface area contributed by atoms with Crippen LogP contribution in [-0.4, -0.2) is 24.5 Å². The molecule has 0 aromatic carbocycles. The number of nitrogens with zero attached hydrogens (tertiary/aromatic N) is 1. The lowest BCUT2D eigenvalue weighted by Gasteiger charge is -2.37. The van der Waals surface area contributed by atoms with E-state index in [1.165, 1.54) is 25.7 Å². The molecule has 14 heavy (non-hydrogen) atoms. The van der Waals surface area contributed by atoms with Gasteiger partial charge in [0.25, 0.3) is 0 Å². The number of unbranched alkanes of at least 4 members (excludes halogenated alkanes) is 1. The summed E-state index contributed by atoms with van der Waals surface area (Å²) in [5, 5.41) is 0. The number of rotatable bonds is 4. The van der Waals surface area contributed by atoms with Gasteiger partial charge in [0.1, 0.15) is 0 Å². The second kappa shape index (κ2) is 5.74. The van der Waals surface area contributed by atoms with Crippen molar-refractivity contribution in [1.82, 2.24) is 4.57 Å². The monoisotopic (exact) mass is 253 g/mol. The van der Waals surface area contributed by atoms with E-state index in [0.29, 0.717) is 0 Å². The highest BCUT2D eigenvalue weighted by Gasteiger charge is 2.37. The Morgan fingerprint density at radius 1 is 1.29 bits per heavy atom. The second-order valence-corrected chi connectivity index (χ2v) is 11.2. The van der Waals surface area contributed by atoms with Gasteiger partial charge in [-0.05, 0) is 37.9 Å². The topological polar surface area (TPSA) is 3.24 Å². The Kier molecular flexibility index (Phi) is 5.25. The number of hydrogen-bond acceptors (Lipinski definition) is 1. The molecule has 0 bridgehead atoms. The summed E-state index contributed by atoms with van der Waals surface area (Å²) < 4.78 is 2.37. The minimum absolute atomic E-state index is 0.857. The molecule has 0 atom stereocenters. The van der Waals surface area contributed by atoms with Crippen molar-refractivity contribution in [1.29, 1.82) is 0 Å². The zero-order valence-electron chi connectivity index (χ0n) is 9.23. The lowest BCUT2D eigenvalue weighted by Crippen LogP contribution is -2.48. The van der Waals surface area contributed by atoms with Crippen molar-refractivity contribution in [2.24, 2.45) is 5.92 Å². The summed E-state index contributed by atoms with van der Waals surface area (Å²) in [5.41, 5.74) is 0. The lowest BCUT2D eigenvalue weighted by atomic mass is 10.0. The van der Waals surface area contributed by atoms with Crippen molar-refractivity contribution in [3.63, 3.8) is 0 Å². The van der Waals surface area contributed by atoms with Crippen molar-refractivity contribution < 1.29 is 0 Å². The molecule has 1 fully saturated rings. The van der Waals surface area contributed by atoms with E-state index in [-0.39, 0.29) is 0 Å². The van der Waals surface area contributed by atoms with Crippen molar-refractivity contribution >= 4 is 29.0 Å². The van der Waals surface area contributed by atoms with Gasteiger partial charge < -0.3 is 0 Å². The molecule has 0 radical (unpaired) electrons. The summed E-state index contributed by atoms with van der Waals surface area (Å²) >= 11 is 12.9. The third kappa shape index (κ3) is 3.73. The summed E-state index contributed by atoms with van der Waals surface area (Å²) in [7, 11) is 0. The fourth-order valence-corrected chi connectivity index (χ4v) is 5.71. The third-order valence-electron chi connectivity index (χ3n) is 3.08. The molecule has 0 N–H and O–H groups in total. The Balaban J connectivity index is 2.38. The van der Waals surface area contributed by atoms with E-state index in [9.17, 15) is 0 Å². The maximum atomic E-state index is 6.47. The first kappa shape index (κ1) is 12.8. The van der Waals surface area contributed by atoms with Crippen LogP contribution in [0.15, 0.2) is 0 Å². The van der Waals surface area contributed by atoms with Crippen LogP contribution < -0.4 is 0 Å². The average molecular weight is 254 g/mol. The Bertz CT molecular complexity index is 168. The van der Waals surface area contributed by atoms with Crippen LogP contribution >= 0.6 is 22.2 Å². The molecule has 0 aromatic rings. The third-order valence-corrected chi connectivity index (χ3v) is 7.97. The predicted octanol–water partition coefficient (Wildman–Crippen LogP) is 3.93. The van der Waals surface area contributed by atoms with Crippen molar-refractivity contribution in [3.8, 4) is 0 Å². The van der Waals surface area contributed by atoms with E-state index in [2.05, 4.69) is 18.4 Å². The molecule has 1 rings (SSSR count). The largest absolute Gasteiger partial charge is 0.324 e. The Morgan fingerprint density at radius 2 is 1.86 bits per heavy atom. The normalized spacial score (nSPS) is 21.4. The zero-order valence-corrected chi connectivity index (χ0v) is 11.7. The predicted molar refractivity (Wildman–Crippen MR) is 67.1 cm³/mol. The second-order valence-electron chi connectivity index (χ2n) is 4.44. The maximum absolute atomic E-state index is 6.47. The minimum Gasteiger partial charge on any atom is -0.300 e. The summed E-state index contributed by atoms with van der Waals surface area (Å²) in [6.07, 6.45) is 4.89. The van der Waals surface area contributed by atoms with Gasteiger partial charge in [-0.3, -0.25) is 4.57 Å². The molecule has 84 valence electrons. The van der Waals surface area contributed by atoms with Gasteiger partial charge in [-0.2, -0.15) is 0 Å². The fraction of sp³-hybridized carbons (Fsp3) is 1.00. The number of piperidine rings is 1.